The van der Waals surface area contributed by atoms with Gasteiger partial charge in [-0.25, -0.2) is 0 Å². The van der Waals surface area contributed by atoms with E-state index in [9.17, 15) is 0 Å². The lowest BCUT2D eigenvalue weighted by atomic mass is 10.1. The molecule has 11 heavy (non-hydrogen) atoms. The Morgan fingerprint density at radius 3 is 3.18 bits per heavy atom. The molecule has 0 spiro atoms. The van der Waals surface area contributed by atoms with E-state index in [1.54, 1.807) is 11.3 Å². The minimum atomic E-state index is 1.18. The lowest BCUT2D eigenvalue weighted by molar-refractivity contribution is 1.80. The molecule has 1 heteroatoms. The SMILES string of the molecule is C=Cc1sccc2[c]ccc1-2. The molecule has 2 aliphatic rings. The number of hydrogen-bond acceptors (Lipinski definition) is 1. The second kappa shape index (κ2) is 2.51. The lowest BCUT2D eigenvalue weighted by Crippen LogP contribution is -1.74. The van der Waals surface area contributed by atoms with Crippen molar-refractivity contribution in [3.63, 3.8) is 0 Å². The summed E-state index contributed by atoms with van der Waals surface area (Å²) in [6.45, 7) is 3.76. The third-order valence-corrected chi connectivity index (χ3v) is 2.57. The summed E-state index contributed by atoms with van der Waals surface area (Å²) in [4.78, 5) is 1.23. The van der Waals surface area contributed by atoms with Crippen molar-refractivity contribution in [3.05, 3.63) is 41.1 Å². The fourth-order valence-electron chi connectivity index (χ4n) is 1.13. The molecule has 1 aliphatic heterocycles. The van der Waals surface area contributed by atoms with E-state index < -0.39 is 0 Å². The van der Waals surface area contributed by atoms with Crippen LogP contribution in [0.2, 0.25) is 0 Å². The van der Waals surface area contributed by atoms with Crippen molar-refractivity contribution in [2.24, 2.45) is 0 Å². The minimum Gasteiger partial charge on any atom is -0.144 e. The zero-order valence-electron chi connectivity index (χ0n) is 6.00. The summed E-state index contributed by atoms with van der Waals surface area (Å²) in [5.74, 6) is 0. The fourth-order valence-corrected chi connectivity index (χ4v) is 1.88. The largest absolute Gasteiger partial charge is 0.144 e. The van der Waals surface area contributed by atoms with Crippen molar-refractivity contribution >= 4 is 17.4 Å². The molecule has 1 aliphatic carbocycles. The molecule has 0 bridgehead atoms. The number of fused-ring (bicyclic) bond motifs is 1. The van der Waals surface area contributed by atoms with Crippen LogP contribution in [0.5, 0.6) is 0 Å². The quantitative estimate of drug-likeness (QED) is 0.599. The smallest absolute Gasteiger partial charge is 0.0342 e. The van der Waals surface area contributed by atoms with Gasteiger partial charge in [-0.1, -0.05) is 24.8 Å². The molecule has 0 saturated heterocycles. The molecular formula is C10H7S. The van der Waals surface area contributed by atoms with Crippen LogP contribution in [-0.2, 0) is 0 Å². The van der Waals surface area contributed by atoms with Crippen molar-refractivity contribution in [3.8, 4) is 11.1 Å². The van der Waals surface area contributed by atoms with E-state index in [1.165, 1.54) is 16.0 Å². The fraction of sp³-hybridized carbons (Fsp3) is 0. The Bertz CT molecular complexity index is 346. The van der Waals surface area contributed by atoms with Gasteiger partial charge in [0.05, 0.1) is 0 Å². The summed E-state index contributed by atoms with van der Waals surface area (Å²) in [5.41, 5.74) is 2.44. The van der Waals surface area contributed by atoms with Gasteiger partial charge in [-0.05, 0) is 28.6 Å². The summed E-state index contributed by atoms with van der Waals surface area (Å²) in [6.07, 6.45) is 1.89. The van der Waals surface area contributed by atoms with E-state index in [0.717, 1.165) is 0 Å². The highest BCUT2D eigenvalue weighted by Crippen LogP contribution is 2.29. The monoisotopic (exact) mass is 159 g/mol. The lowest BCUT2D eigenvalue weighted by Gasteiger charge is -1.99. The topological polar surface area (TPSA) is 0 Å². The van der Waals surface area contributed by atoms with Gasteiger partial charge < -0.3 is 0 Å². The van der Waals surface area contributed by atoms with Gasteiger partial charge in [-0.3, -0.25) is 0 Å². The highest BCUT2D eigenvalue weighted by Gasteiger charge is 2.04. The van der Waals surface area contributed by atoms with Crippen LogP contribution in [0.1, 0.15) is 4.88 Å². The van der Waals surface area contributed by atoms with Crippen molar-refractivity contribution < 1.29 is 0 Å². The Labute approximate surface area is 70.1 Å². The third-order valence-electron chi connectivity index (χ3n) is 1.66. The normalized spacial score (nSPS) is 10.2. The average molecular weight is 159 g/mol. The Balaban J connectivity index is 2.75. The molecule has 0 nitrogen and oxygen atoms in total. The van der Waals surface area contributed by atoms with E-state index in [1.807, 2.05) is 12.1 Å². The second-order valence-electron chi connectivity index (χ2n) is 2.29. The van der Waals surface area contributed by atoms with Crippen LogP contribution in [-0.4, -0.2) is 0 Å². The van der Waals surface area contributed by atoms with Gasteiger partial charge in [0.15, 0.2) is 0 Å². The van der Waals surface area contributed by atoms with Gasteiger partial charge in [-0.2, -0.15) is 0 Å². The van der Waals surface area contributed by atoms with Crippen LogP contribution in [0, 0.1) is 6.07 Å². The van der Waals surface area contributed by atoms with Crippen molar-refractivity contribution in [2.45, 2.75) is 0 Å². The molecule has 1 heterocycles. The van der Waals surface area contributed by atoms with Crippen LogP contribution >= 0.6 is 11.3 Å². The zero-order chi connectivity index (χ0) is 7.68. The summed E-state index contributed by atoms with van der Waals surface area (Å²) in [6, 6.07) is 9.25. The van der Waals surface area contributed by atoms with Crippen LogP contribution in [0.3, 0.4) is 0 Å². The Morgan fingerprint density at radius 1 is 1.45 bits per heavy atom. The standard InChI is InChI=1S/C10H7S/c1-2-10-9-5-3-4-8(9)6-7-11-10/h2-3,5-7H,1H2. The minimum absolute atomic E-state index is 1.18. The summed E-state index contributed by atoms with van der Waals surface area (Å²) < 4.78 is 0. The Kier molecular flexibility index (Phi) is 1.51. The maximum Gasteiger partial charge on any atom is 0.0342 e. The molecule has 0 N–H and O–H groups in total. The van der Waals surface area contributed by atoms with Gasteiger partial charge in [0.1, 0.15) is 0 Å². The van der Waals surface area contributed by atoms with E-state index in [-0.39, 0.29) is 0 Å². The molecule has 0 unspecified atom stereocenters. The van der Waals surface area contributed by atoms with E-state index in [4.69, 9.17) is 0 Å². The predicted octanol–water partition coefficient (Wildman–Crippen LogP) is 3.30. The first kappa shape index (κ1) is 6.62. The van der Waals surface area contributed by atoms with Gasteiger partial charge in [-0.15, -0.1) is 11.3 Å². The van der Waals surface area contributed by atoms with Gasteiger partial charge in [0.2, 0.25) is 0 Å². The molecule has 0 amide bonds. The molecule has 0 atom stereocenters. The summed E-state index contributed by atoms with van der Waals surface area (Å²) in [7, 11) is 0. The van der Waals surface area contributed by atoms with Gasteiger partial charge in [0, 0.05) is 4.88 Å². The zero-order valence-corrected chi connectivity index (χ0v) is 6.82. The van der Waals surface area contributed by atoms with Gasteiger partial charge in [0.25, 0.3) is 0 Å². The van der Waals surface area contributed by atoms with Crippen LogP contribution in [0.15, 0.2) is 30.2 Å². The molecule has 0 saturated carbocycles. The number of hydrogen-bond donors (Lipinski definition) is 0. The molecule has 1 radical (unpaired) electrons. The average Bonchev–Trinajstić information content (AvgIpc) is 2.50. The molecule has 0 aromatic rings. The first-order valence-corrected chi connectivity index (χ1v) is 4.30. The maximum atomic E-state index is 3.76. The molecule has 2 rings (SSSR count). The third kappa shape index (κ3) is 0.976. The first-order valence-electron chi connectivity index (χ1n) is 3.42. The summed E-state index contributed by atoms with van der Waals surface area (Å²) >= 11 is 1.71. The molecule has 0 aromatic heterocycles. The highest BCUT2D eigenvalue weighted by atomic mass is 32.1. The van der Waals surface area contributed by atoms with Crippen molar-refractivity contribution in [2.75, 3.05) is 0 Å². The Morgan fingerprint density at radius 2 is 2.36 bits per heavy atom. The van der Waals surface area contributed by atoms with E-state index in [0.29, 0.717) is 0 Å². The van der Waals surface area contributed by atoms with Crippen LogP contribution < -0.4 is 0 Å². The van der Waals surface area contributed by atoms with Crippen LogP contribution in [0.4, 0.5) is 0 Å². The first-order chi connectivity index (χ1) is 5.42. The molecule has 0 aromatic carbocycles. The maximum absolute atomic E-state index is 3.76. The summed E-state index contributed by atoms with van der Waals surface area (Å²) in [5, 5.41) is 2.07. The molecular weight excluding hydrogens is 152 g/mol. The molecule has 0 fully saturated rings. The highest BCUT2D eigenvalue weighted by molar-refractivity contribution is 7.11. The second-order valence-corrected chi connectivity index (χ2v) is 3.24. The van der Waals surface area contributed by atoms with Gasteiger partial charge >= 0.3 is 0 Å². The van der Waals surface area contributed by atoms with Crippen molar-refractivity contribution in [1.82, 2.24) is 0 Å². The Hall–Kier alpha value is -1.08. The number of rotatable bonds is 1. The van der Waals surface area contributed by atoms with Crippen molar-refractivity contribution in [1.29, 1.82) is 0 Å². The van der Waals surface area contributed by atoms with E-state index >= 15 is 0 Å². The van der Waals surface area contributed by atoms with Crippen LogP contribution in [0.25, 0.3) is 17.2 Å². The van der Waals surface area contributed by atoms with E-state index in [2.05, 4.69) is 30.2 Å². The predicted molar refractivity (Wildman–Crippen MR) is 49.9 cm³/mol. The molecule has 53 valence electrons.